The summed E-state index contributed by atoms with van der Waals surface area (Å²) in [5.41, 5.74) is -0.434. The van der Waals surface area contributed by atoms with Gasteiger partial charge >= 0.3 is 5.97 Å². The van der Waals surface area contributed by atoms with Crippen LogP contribution in [-0.4, -0.2) is 27.9 Å². The summed E-state index contributed by atoms with van der Waals surface area (Å²) >= 11 is 0. The molecule has 0 aliphatic carbocycles. The Hall–Kier alpha value is -3.62. The first-order valence-corrected chi connectivity index (χ1v) is 8.77. The number of ether oxygens (including phenoxy) is 1. The second-order valence-corrected chi connectivity index (χ2v) is 6.25. The van der Waals surface area contributed by atoms with Gasteiger partial charge in [0.2, 0.25) is 0 Å². The summed E-state index contributed by atoms with van der Waals surface area (Å²) in [7, 11) is 0. The van der Waals surface area contributed by atoms with Crippen LogP contribution in [0.15, 0.2) is 47.3 Å². The summed E-state index contributed by atoms with van der Waals surface area (Å²) < 4.78 is 32.2. The number of esters is 1. The molecule has 0 spiro atoms. The summed E-state index contributed by atoms with van der Waals surface area (Å²) in [6.45, 7) is 1.28. The number of aromatic amines is 1. The Bertz CT molecular complexity index is 1110. The van der Waals surface area contributed by atoms with Crippen molar-refractivity contribution in [2.45, 2.75) is 25.9 Å². The molecule has 0 saturated heterocycles. The predicted octanol–water partition coefficient (Wildman–Crippen LogP) is 2.70. The smallest absolute Gasteiger partial charge is 0.307 e. The number of para-hydroxylation sites is 2. The van der Waals surface area contributed by atoms with Gasteiger partial charge in [-0.15, -0.1) is 0 Å². The van der Waals surface area contributed by atoms with Crippen LogP contribution in [0.3, 0.4) is 0 Å². The van der Waals surface area contributed by atoms with Crippen molar-refractivity contribution < 1.29 is 23.1 Å². The maximum absolute atomic E-state index is 13.6. The molecule has 2 N–H and O–H groups in total. The van der Waals surface area contributed by atoms with E-state index in [0.717, 1.165) is 18.2 Å². The van der Waals surface area contributed by atoms with Gasteiger partial charge in [-0.3, -0.25) is 14.4 Å². The highest BCUT2D eigenvalue weighted by Gasteiger charge is 2.21. The number of amides is 1. The molecule has 7 nitrogen and oxygen atoms in total. The quantitative estimate of drug-likeness (QED) is 0.619. The van der Waals surface area contributed by atoms with E-state index in [1.54, 1.807) is 24.3 Å². The molecule has 150 valence electrons. The van der Waals surface area contributed by atoms with E-state index in [9.17, 15) is 23.2 Å². The van der Waals surface area contributed by atoms with E-state index in [2.05, 4.69) is 15.3 Å². The third-order valence-corrected chi connectivity index (χ3v) is 4.12. The molecule has 1 aromatic heterocycles. The second-order valence-electron chi connectivity index (χ2n) is 6.25. The number of carbonyl (C=O) groups excluding carboxylic acids is 2. The topological polar surface area (TPSA) is 101 Å². The first-order chi connectivity index (χ1) is 13.8. The lowest BCUT2D eigenvalue weighted by Crippen LogP contribution is -2.30. The molecule has 2 aromatic carbocycles. The number of benzene rings is 2. The zero-order chi connectivity index (χ0) is 21.0. The zero-order valence-corrected chi connectivity index (χ0v) is 15.4. The van der Waals surface area contributed by atoms with Crippen molar-refractivity contribution in [3.8, 4) is 0 Å². The maximum atomic E-state index is 13.6. The second kappa shape index (κ2) is 8.59. The van der Waals surface area contributed by atoms with Crippen LogP contribution in [0, 0.1) is 11.6 Å². The zero-order valence-electron chi connectivity index (χ0n) is 15.4. The molecule has 0 unspecified atom stereocenters. The molecule has 29 heavy (non-hydrogen) atoms. The Morgan fingerprint density at radius 3 is 2.55 bits per heavy atom. The van der Waals surface area contributed by atoms with Crippen molar-refractivity contribution in [1.82, 2.24) is 9.97 Å². The first kappa shape index (κ1) is 20.1. The van der Waals surface area contributed by atoms with Gasteiger partial charge in [0, 0.05) is 6.42 Å². The Balaban J connectivity index is 1.58. The van der Waals surface area contributed by atoms with E-state index in [0.29, 0.717) is 16.7 Å². The van der Waals surface area contributed by atoms with Gasteiger partial charge in [0.05, 0.1) is 17.3 Å². The third kappa shape index (κ3) is 4.81. The average molecular weight is 401 g/mol. The van der Waals surface area contributed by atoms with Crippen molar-refractivity contribution in [1.29, 1.82) is 0 Å². The minimum atomic E-state index is -1.27. The van der Waals surface area contributed by atoms with Crippen LogP contribution >= 0.6 is 0 Å². The molecular weight excluding hydrogens is 384 g/mol. The van der Waals surface area contributed by atoms with E-state index in [4.69, 9.17) is 4.74 Å². The summed E-state index contributed by atoms with van der Waals surface area (Å²) in [5, 5.41) is 2.49. The van der Waals surface area contributed by atoms with Crippen molar-refractivity contribution in [3.63, 3.8) is 0 Å². The van der Waals surface area contributed by atoms with Crippen molar-refractivity contribution in [2.24, 2.45) is 0 Å². The molecule has 3 aromatic rings. The Morgan fingerprint density at radius 1 is 1.14 bits per heavy atom. The minimum Gasteiger partial charge on any atom is -0.453 e. The van der Waals surface area contributed by atoms with Gasteiger partial charge in [-0.2, -0.15) is 0 Å². The summed E-state index contributed by atoms with van der Waals surface area (Å²) in [5.74, 6) is -3.18. The number of carbonyl (C=O) groups is 2. The van der Waals surface area contributed by atoms with Gasteiger partial charge in [-0.05, 0) is 31.2 Å². The number of nitrogens with zero attached hydrogens (tertiary/aromatic N) is 1. The fourth-order valence-electron chi connectivity index (χ4n) is 2.63. The highest BCUT2D eigenvalue weighted by atomic mass is 19.1. The largest absolute Gasteiger partial charge is 0.453 e. The number of fused-ring (bicyclic) bond motifs is 1. The molecule has 9 heteroatoms. The fourth-order valence-corrected chi connectivity index (χ4v) is 2.63. The van der Waals surface area contributed by atoms with Gasteiger partial charge in [-0.25, -0.2) is 13.8 Å². The van der Waals surface area contributed by atoms with E-state index in [1.807, 2.05) is 0 Å². The molecule has 0 fully saturated rings. The van der Waals surface area contributed by atoms with Crippen LogP contribution in [0.2, 0.25) is 0 Å². The van der Waals surface area contributed by atoms with E-state index < -0.39 is 35.3 Å². The SMILES string of the molecule is C[C@H](OC(=O)CCc1nc2ccccc2c(=O)[nH]1)C(=O)Nc1c(F)cccc1F. The molecular formula is C20H17F2N3O4. The normalized spacial score (nSPS) is 11.8. The van der Waals surface area contributed by atoms with Crippen molar-refractivity contribution in [3.05, 3.63) is 70.3 Å². The molecule has 1 heterocycles. The Kier molecular flexibility index (Phi) is 5.96. The Morgan fingerprint density at radius 2 is 1.83 bits per heavy atom. The summed E-state index contributed by atoms with van der Waals surface area (Å²) in [4.78, 5) is 42.9. The number of aryl methyl sites for hydroxylation is 1. The number of halogens is 2. The van der Waals surface area contributed by atoms with E-state index in [-0.39, 0.29) is 18.4 Å². The molecule has 1 atom stereocenters. The molecule has 1 amide bonds. The van der Waals surface area contributed by atoms with Crippen molar-refractivity contribution >= 4 is 28.5 Å². The standard InChI is InChI=1S/C20H17F2N3O4/c1-11(19(27)25-18-13(21)6-4-7-14(18)22)29-17(26)10-9-16-23-15-8-3-2-5-12(15)20(28)24-16/h2-8,11H,9-10H2,1H3,(H,25,27)(H,23,24,28)/t11-/m0/s1. The number of hydrogen-bond donors (Lipinski definition) is 2. The van der Waals surface area contributed by atoms with E-state index >= 15 is 0 Å². The van der Waals surface area contributed by atoms with Crippen LogP contribution in [0.25, 0.3) is 10.9 Å². The van der Waals surface area contributed by atoms with E-state index in [1.165, 1.54) is 6.92 Å². The number of H-pyrrole nitrogens is 1. The average Bonchev–Trinajstić information content (AvgIpc) is 2.69. The van der Waals surface area contributed by atoms with Crippen LogP contribution in [0.4, 0.5) is 14.5 Å². The number of hydrogen-bond acceptors (Lipinski definition) is 5. The first-order valence-electron chi connectivity index (χ1n) is 8.77. The predicted molar refractivity (Wildman–Crippen MR) is 101 cm³/mol. The van der Waals surface area contributed by atoms with Gasteiger partial charge in [0.25, 0.3) is 11.5 Å². The third-order valence-electron chi connectivity index (χ3n) is 4.12. The van der Waals surface area contributed by atoms with Gasteiger partial charge < -0.3 is 15.0 Å². The fraction of sp³-hybridized carbons (Fsp3) is 0.200. The highest BCUT2D eigenvalue weighted by molar-refractivity contribution is 5.95. The molecule has 0 aliphatic heterocycles. The molecule has 0 radical (unpaired) electrons. The number of aromatic nitrogens is 2. The van der Waals surface area contributed by atoms with Crippen molar-refractivity contribution in [2.75, 3.05) is 5.32 Å². The molecule has 3 rings (SSSR count). The molecule has 0 saturated carbocycles. The number of rotatable bonds is 6. The minimum absolute atomic E-state index is 0.0924. The van der Waals surface area contributed by atoms with Crippen LogP contribution in [-0.2, 0) is 20.7 Å². The summed E-state index contributed by atoms with van der Waals surface area (Å²) in [6.07, 6.45) is -1.33. The summed E-state index contributed by atoms with van der Waals surface area (Å²) in [6, 6.07) is 9.92. The van der Waals surface area contributed by atoms with Gasteiger partial charge in [-0.1, -0.05) is 18.2 Å². The van der Waals surface area contributed by atoms with Gasteiger partial charge in [0.15, 0.2) is 6.10 Å². The van der Waals surface area contributed by atoms with Crippen LogP contribution in [0.5, 0.6) is 0 Å². The maximum Gasteiger partial charge on any atom is 0.307 e. The molecule has 0 bridgehead atoms. The lowest BCUT2D eigenvalue weighted by molar-refractivity contribution is -0.153. The van der Waals surface area contributed by atoms with Crippen LogP contribution in [0.1, 0.15) is 19.2 Å². The number of anilines is 1. The van der Waals surface area contributed by atoms with Gasteiger partial charge in [0.1, 0.15) is 23.1 Å². The molecule has 0 aliphatic rings. The lowest BCUT2D eigenvalue weighted by atomic mass is 10.2. The lowest BCUT2D eigenvalue weighted by Gasteiger charge is -2.14. The monoisotopic (exact) mass is 401 g/mol. The highest BCUT2D eigenvalue weighted by Crippen LogP contribution is 2.18. The Labute approximate surface area is 163 Å². The van der Waals surface area contributed by atoms with Crippen LogP contribution < -0.4 is 10.9 Å². The number of nitrogens with one attached hydrogen (secondary N) is 2.